The van der Waals surface area contributed by atoms with E-state index in [0.29, 0.717) is 49.0 Å². The topological polar surface area (TPSA) is 113 Å². The summed E-state index contributed by atoms with van der Waals surface area (Å²) < 4.78 is 26.8. The lowest BCUT2D eigenvalue weighted by Gasteiger charge is -2.28. The summed E-state index contributed by atoms with van der Waals surface area (Å²) in [6.07, 6.45) is 2.38. The van der Waals surface area contributed by atoms with E-state index >= 15 is 0 Å². The highest BCUT2D eigenvalue weighted by atomic mass is 32.2. The van der Waals surface area contributed by atoms with Gasteiger partial charge in [-0.25, -0.2) is 13.1 Å². The molecule has 3 amide bonds. The highest BCUT2D eigenvalue weighted by molar-refractivity contribution is 7.90. The Morgan fingerprint density at radius 1 is 1.03 bits per heavy atom. The van der Waals surface area contributed by atoms with Gasteiger partial charge in [0.15, 0.2) is 0 Å². The van der Waals surface area contributed by atoms with Gasteiger partial charge in [0.2, 0.25) is 15.9 Å². The molecule has 1 aliphatic carbocycles. The van der Waals surface area contributed by atoms with Crippen molar-refractivity contribution in [2.24, 2.45) is 11.8 Å². The van der Waals surface area contributed by atoms with Crippen molar-refractivity contribution in [2.75, 3.05) is 11.9 Å². The fourth-order valence-corrected chi connectivity index (χ4v) is 4.96. The molecule has 1 aromatic rings. The summed E-state index contributed by atoms with van der Waals surface area (Å²) >= 11 is 0. The van der Waals surface area contributed by atoms with Crippen LogP contribution < -0.4 is 10.0 Å². The van der Waals surface area contributed by atoms with Crippen LogP contribution in [-0.2, 0) is 14.8 Å². The number of benzene rings is 1. The SMILES string of the molecule is CC(C)CN1C(=O)c2ccc(NC(=O)[C@H]3CC[C@H](NS(=O)(=O)C(C)C)CC3)cc2C1=O. The zero-order valence-corrected chi connectivity index (χ0v) is 19.3. The van der Waals surface area contributed by atoms with Crippen LogP contribution in [0, 0.1) is 11.8 Å². The summed E-state index contributed by atoms with van der Waals surface area (Å²) in [7, 11) is -3.33. The maximum atomic E-state index is 12.7. The molecule has 0 atom stereocenters. The molecule has 1 fully saturated rings. The third-order valence-corrected chi connectivity index (χ3v) is 7.74. The van der Waals surface area contributed by atoms with E-state index in [9.17, 15) is 22.8 Å². The number of sulfonamides is 1. The number of fused-ring (bicyclic) bond motifs is 1. The number of imide groups is 1. The summed E-state index contributed by atoms with van der Waals surface area (Å²) in [5.74, 6) is -0.832. The highest BCUT2D eigenvalue weighted by Crippen LogP contribution is 2.29. The van der Waals surface area contributed by atoms with E-state index in [4.69, 9.17) is 0 Å². The van der Waals surface area contributed by atoms with Crippen LogP contribution in [0.5, 0.6) is 0 Å². The number of hydrogen-bond acceptors (Lipinski definition) is 5. The van der Waals surface area contributed by atoms with E-state index in [-0.39, 0.29) is 35.6 Å². The normalized spacial score (nSPS) is 21.7. The fraction of sp³-hybridized carbons (Fsp3) is 0.591. The summed E-state index contributed by atoms with van der Waals surface area (Å²) in [5.41, 5.74) is 1.16. The van der Waals surface area contributed by atoms with Crippen molar-refractivity contribution in [3.63, 3.8) is 0 Å². The van der Waals surface area contributed by atoms with Crippen LogP contribution in [0.1, 0.15) is 74.1 Å². The predicted octanol–water partition coefficient (Wildman–Crippen LogP) is 2.76. The first-order chi connectivity index (χ1) is 14.5. The van der Waals surface area contributed by atoms with Gasteiger partial charge in [-0.15, -0.1) is 0 Å². The lowest BCUT2D eigenvalue weighted by atomic mass is 9.86. The Morgan fingerprint density at radius 2 is 1.65 bits per heavy atom. The molecule has 2 N–H and O–H groups in total. The second-order valence-electron chi connectivity index (χ2n) is 9.12. The zero-order valence-electron chi connectivity index (χ0n) is 18.5. The zero-order chi connectivity index (χ0) is 22.9. The van der Waals surface area contributed by atoms with Gasteiger partial charge in [0.1, 0.15) is 0 Å². The standard InChI is InChI=1S/C22H31N3O5S/c1-13(2)12-25-21(27)18-10-9-17(11-19(18)22(25)28)23-20(26)15-5-7-16(8-6-15)24-31(29,30)14(3)4/h9-11,13-16,24H,5-8,12H2,1-4H3,(H,23,26)/t15-,16-. The van der Waals surface area contributed by atoms with Gasteiger partial charge in [-0.3, -0.25) is 19.3 Å². The van der Waals surface area contributed by atoms with Gasteiger partial charge in [-0.05, 0) is 63.6 Å². The molecule has 1 saturated carbocycles. The fourth-order valence-electron chi connectivity index (χ4n) is 3.99. The Kier molecular flexibility index (Phi) is 6.85. The molecule has 1 heterocycles. The lowest BCUT2D eigenvalue weighted by Crippen LogP contribution is -2.42. The number of nitrogens with zero attached hydrogens (tertiary/aromatic N) is 1. The third kappa shape index (κ3) is 5.15. The van der Waals surface area contributed by atoms with Gasteiger partial charge in [0.05, 0.1) is 16.4 Å². The van der Waals surface area contributed by atoms with Crippen LogP contribution in [0.2, 0.25) is 0 Å². The summed E-state index contributed by atoms with van der Waals surface area (Å²) in [6, 6.07) is 4.65. The summed E-state index contributed by atoms with van der Waals surface area (Å²) in [5, 5.41) is 2.37. The first-order valence-electron chi connectivity index (χ1n) is 10.8. The third-order valence-electron chi connectivity index (χ3n) is 5.84. The van der Waals surface area contributed by atoms with E-state index in [2.05, 4.69) is 10.0 Å². The molecule has 0 spiro atoms. The minimum atomic E-state index is -3.33. The van der Waals surface area contributed by atoms with Crippen molar-refractivity contribution < 1.29 is 22.8 Å². The van der Waals surface area contributed by atoms with Crippen molar-refractivity contribution in [3.8, 4) is 0 Å². The Hall–Kier alpha value is -2.26. The monoisotopic (exact) mass is 449 g/mol. The quantitative estimate of drug-likeness (QED) is 0.622. The Morgan fingerprint density at radius 3 is 2.23 bits per heavy atom. The number of carbonyl (C=O) groups is 3. The van der Waals surface area contributed by atoms with Crippen molar-refractivity contribution in [2.45, 2.75) is 64.7 Å². The molecule has 0 unspecified atom stereocenters. The molecule has 8 nitrogen and oxygen atoms in total. The van der Waals surface area contributed by atoms with Gasteiger partial charge >= 0.3 is 0 Å². The van der Waals surface area contributed by atoms with Gasteiger partial charge < -0.3 is 5.32 Å². The van der Waals surface area contributed by atoms with Gasteiger partial charge in [-0.2, -0.15) is 0 Å². The Balaban J connectivity index is 1.60. The predicted molar refractivity (Wildman–Crippen MR) is 118 cm³/mol. The second kappa shape index (κ2) is 9.08. The van der Waals surface area contributed by atoms with E-state index in [1.165, 1.54) is 4.90 Å². The molecule has 0 aromatic heterocycles. The van der Waals surface area contributed by atoms with Crippen LogP contribution >= 0.6 is 0 Å². The number of anilines is 1. The Labute approximate surface area is 183 Å². The maximum absolute atomic E-state index is 12.7. The van der Waals surface area contributed by atoms with Gasteiger partial charge in [-0.1, -0.05) is 13.8 Å². The van der Waals surface area contributed by atoms with Crippen molar-refractivity contribution in [1.29, 1.82) is 0 Å². The molecular weight excluding hydrogens is 418 g/mol. The summed E-state index contributed by atoms with van der Waals surface area (Å²) in [4.78, 5) is 39.0. The first kappa shape index (κ1) is 23.4. The molecule has 0 bridgehead atoms. The highest BCUT2D eigenvalue weighted by Gasteiger charge is 2.36. The number of nitrogens with one attached hydrogen (secondary N) is 2. The second-order valence-corrected chi connectivity index (χ2v) is 11.4. The van der Waals surface area contributed by atoms with Crippen LogP contribution in [0.3, 0.4) is 0 Å². The van der Waals surface area contributed by atoms with Crippen molar-refractivity contribution in [1.82, 2.24) is 9.62 Å². The largest absolute Gasteiger partial charge is 0.326 e. The minimum absolute atomic E-state index is 0.146. The van der Waals surface area contributed by atoms with Crippen LogP contribution in [0.4, 0.5) is 5.69 Å². The maximum Gasteiger partial charge on any atom is 0.261 e. The van der Waals surface area contributed by atoms with Crippen LogP contribution in [-0.4, -0.2) is 48.9 Å². The Bertz CT molecular complexity index is 979. The number of amides is 3. The number of carbonyl (C=O) groups excluding carboxylic acids is 3. The summed E-state index contributed by atoms with van der Waals surface area (Å²) in [6.45, 7) is 7.52. The molecule has 1 aliphatic heterocycles. The molecule has 170 valence electrons. The lowest BCUT2D eigenvalue weighted by molar-refractivity contribution is -0.120. The molecule has 0 saturated heterocycles. The number of hydrogen-bond donors (Lipinski definition) is 2. The van der Waals surface area contributed by atoms with Crippen LogP contribution in [0.25, 0.3) is 0 Å². The smallest absolute Gasteiger partial charge is 0.261 e. The van der Waals surface area contributed by atoms with E-state index in [1.54, 1.807) is 32.0 Å². The molecule has 9 heteroatoms. The van der Waals surface area contributed by atoms with E-state index < -0.39 is 15.3 Å². The van der Waals surface area contributed by atoms with Gasteiger partial charge in [0.25, 0.3) is 11.8 Å². The molecule has 0 radical (unpaired) electrons. The first-order valence-corrected chi connectivity index (χ1v) is 12.4. The number of rotatable bonds is 7. The van der Waals surface area contributed by atoms with E-state index in [1.807, 2.05) is 13.8 Å². The molecule has 2 aliphatic rings. The van der Waals surface area contributed by atoms with Crippen molar-refractivity contribution in [3.05, 3.63) is 29.3 Å². The molecule has 3 rings (SSSR count). The minimum Gasteiger partial charge on any atom is -0.326 e. The molecular formula is C22H31N3O5S. The van der Waals surface area contributed by atoms with Gasteiger partial charge in [0, 0.05) is 24.2 Å². The average molecular weight is 450 g/mol. The molecule has 1 aromatic carbocycles. The molecule has 31 heavy (non-hydrogen) atoms. The van der Waals surface area contributed by atoms with E-state index in [0.717, 1.165) is 0 Å². The van der Waals surface area contributed by atoms with Crippen molar-refractivity contribution >= 4 is 33.4 Å². The van der Waals surface area contributed by atoms with Crippen LogP contribution in [0.15, 0.2) is 18.2 Å². The average Bonchev–Trinajstić information content (AvgIpc) is 2.92.